The van der Waals surface area contributed by atoms with Crippen LogP contribution in [0, 0.1) is 10.5 Å². The van der Waals surface area contributed by atoms with Gasteiger partial charge in [0.1, 0.15) is 0 Å². The van der Waals surface area contributed by atoms with Crippen molar-refractivity contribution in [3.8, 4) is 5.88 Å². The first-order valence-corrected chi connectivity index (χ1v) is 4.94. The zero-order valence-electron chi connectivity index (χ0n) is 7.60. The van der Waals surface area contributed by atoms with Gasteiger partial charge in [-0.3, -0.25) is 0 Å². The molecule has 0 aromatic carbocycles. The van der Waals surface area contributed by atoms with Crippen LogP contribution in [-0.4, -0.2) is 16.5 Å². The molecule has 1 heterocycles. The number of pyridine rings is 1. The van der Waals surface area contributed by atoms with Crippen molar-refractivity contribution in [3.63, 3.8) is 0 Å². The van der Waals surface area contributed by atoms with E-state index in [2.05, 4.69) is 9.72 Å². The van der Waals surface area contributed by atoms with Gasteiger partial charge in [0.15, 0.2) is 0 Å². The first kappa shape index (κ1) is 12.5. The maximum absolute atomic E-state index is 11.9. The summed E-state index contributed by atoms with van der Waals surface area (Å²) in [5.41, 5.74) is 0.828. The second-order valence-electron chi connectivity index (χ2n) is 2.72. The third kappa shape index (κ3) is 3.49. The standard InChI is InChI=1S/C8H7F3INO2/c1-4-5(12)2-7(13-6(4)3-14)15-8(9,10)11/h2,14H,3H2,1H3. The summed E-state index contributed by atoms with van der Waals surface area (Å²) in [7, 11) is 0. The molecule has 0 aliphatic carbocycles. The Kier molecular flexibility index (Phi) is 3.77. The van der Waals surface area contributed by atoms with Crippen molar-refractivity contribution in [1.82, 2.24) is 4.98 Å². The fourth-order valence-electron chi connectivity index (χ4n) is 0.928. The number of aliphatic hydroxyl groups is 1. The van der Waals surface area contributed by atoms with Gasteiger partial charge >= 0.3 is 6.36 Å². The van der Waals surface area contributed by atoms with Crippen molar-refractivity contribution < 1.29 is 23.0 Å². The number of rotatable bonds is 2. The molecule has 0 bridgehead atoms. The molecule has 7 heteroatoms. The normalized spacial score (nSPS) is 11.6. The van der Waals surface area contributed by atoms with Crippen molar-refractivity contribution in [2.75, 3.05) is 0 Å². The summed E-state index contributed by atoms with van der Waals surface area (Å²) < 4.78 is 39.9. The molecule has 15 heavy (non-hydrogen) atoms. The Balaban J connectivity index is 3.06. The molecule has 84 valence electrons. The Morgan fingerprint density at radius 2 is 2.13 bits per heavy atom. The molecule has 0 spiro atoms. The number of alkyl halides is 3. The fraction of sp³-hybridized carbons (Fsp3) is 0.375. The lowest BCUT2D eigenvalue weighted by molar-refractivity contribution is -0.276. The molecule has 0 saturated carbocycles. The average molecular weight is 333 g/mol. The molecule has 0 saturated heterocycles. The molecular weight excluding hydrogens is 326 g/mol. The second kappa shape index (κ2) is 4.52. The molecule has 0 aliphatic rings. The third-order valence-corrected chi connectivity index (χ3v) is 2.78. The molecule has 0 aliphatic heterocycles. The van der Waals surface area contributed by atoms with Crippen LogP contribution in [0.2, 0.25) is 0 Å². The predicted octanol–water partition coefficient (Wildman–Crippen LogP) is 2.39. The van der Waals surface area contributed by atoms with Gasteiger partial charge < -0.3 is 9.84 Å². The van der Waals surface area contributed by atoms with Gasteiger partial charge in [-0.1, -0.05) is 0 Å². The topological polar surface area (TPSA) is 42.4 Å². The maximum atomic E-state index is 11.9. The van der Waals surface area contributed by atoms with Crippen LogP contribution >= 0.6 is 22.6 Å². The lowest BCUT2D eigenvalue weighted by Gasteiger charge is -2.11. The summed E-state index contributed by atoms with van der Waals surface area (Å²) in [5.74, 6) is -0.554. The van der Waals surface area contributed by atoms with Gasteiger partial charge in [-0.15, -0.1) is 13.2 Å². The lowest BCUT2D eigenvalue weighted by Crippen LogP contribution is -2.18. The Morgan fingerprint density at radius 1 is 1.53 bits per heavy atom. The molecule has 0 unspecified atom stereocenters. The minimum atomic E-state index is -4.77. The van der Waals surface area contributed by atoms with Gasteiger partial charge in [0.25, 0.3) is 0 Å². The van der Waals surface area contributed by atoms with E-state index in [4.69, 9.17) is 5.11 Å². The van der Waals surface area contributed by atoms with E-state index in [1.54, 1.807) is 6.92 Å². The molecule has 0 amide bonds. The number of aliphatic hydroxyl groups excluding tert-OH is 1. The van der Waals surface area contributed by atoms with Crippen molar-refractivity contribution in [2.45, 2.75) is 19.9 Å². The summed E-state index contributed by atoms with van der Waals surface area (Å²) in [5, 5.41) is 8.86. The Bertz CT molecular complexity index is 368. The van der Waals surface area contributed by atoms with Crippen LogP contribution in [0.15, 0.2) is 6.07 Å². The molecule has 1 rings (SSSR count). The van der Waals surface area contributed by atoms with Crippen LogP contribution in [0.5, 0.6) is 5.88 Å². The molecule has 0 fully saturated rings. The van der Waals surface area contributed by atoms with Crippen molar-refractivity contribution in [2.24, 2.45) is 0 Å². The number of ether oxygens (including phenoxy) is 1. The smallest absolute Gasteiger partial charge is 0.390 e. The van der Waals surface area contributed by atoms with E-state index >= 15 is 0 Å². The molecule has 3 nitrogen and oxygen atoms in total. The van der Waals surface area contributed by atoms with E-state index in [1.807, 2.05) is 22.6 Å². The molecule has 0 atom stereocenters. The zero-order chi connectivity index (χ0) is 11.6. The lowest BCUT2D eigenvalue weighted by atomic mass is 10.2. The fourth-order valence-corrected chi connectivity index (χ4v) is 1.51. The number of halogens is 4. The van der Waals surface area contributed by atoms with E-state index in [9.17, 15) is 13.2 Å². The predicted molar refractivity (Wildman–Crippen MR) is 54.3 cm³/mol. The molecule has 0 radical (unpaired) electrons. The molecular formula is C8H7F3INO2. The number of hydrogen-bond acceptors (Lipinski definition) is 3. The van der Waals surface area contributed by atoms with Crippen LogP contribution in [0.3, 0.4) is 0 Å². The van der Waals surface area contributed by atoms with E-state index in [0.717, 1.165) is 0 Å². The number of hydrogen-bond donors (Lipinski definition) is 1. The Labute approximate surface area is 97.4 Å². The Hall–Kier alpha value is -0.570. The van der Waals surface area contributed by atoms with Gasteiger partial charge in [-0.05, 0) is 35.1 Å². The summed E-state index contributed by atoms with van der Waals surface area (Å²) in [6, 6.07) is 1.17. The summed E-state index contributed by atoms with van der Waals surface area (Å²) in [4.78, 5) is 3.54. The number of aromatic nitrogens is 1. The average Bonchev–Trinajstić information content (AvgIpc) is 2.08. The Morgan fingerprint density at radius 3 is 2.60 bits per heavy atom. The zero-order valence-corrected chi connectivity index (χ0v) is 9.76. The third-order valence-electron chi connectivity index (χ3n) is 1.66. The highest BCUT2D eigenvalue weighted by atomic mass is 127. The highest BCUT2D eigenvalue weighted by molar-refractivity contribution is 14.1. The summed E-state index contributed by atoms with van der Waals surface area (Å²) >= 11 is 1.85. The maximum Gasteiger partial charge on any atom is 0.574 e. The van der Waals surface area contributed by atoms with Gasteiger partial charge in [0.2, 0.25) is 5.88 Å². The van der Waals surface area contributed by atoms with E-state index < -0.39 is 18.8 Å². The first-order valence-electron chi connectivity index (χ1n) is 3.86. The van der Waals surface area contributed by atoms with E-state index in [-0.39, 0.29) is 5.69 Å². The largest absolute Gasteiger partial charge is 0.574 e. The van der Waals surface area contributed by atoms with Gasteiger partial charge in [0.05, 0.1) is 12.3 Å². The van der Waals surface area contributed by atoms with Crippen LogP contribution < -0.4 is 4.74 Å². The van der Waals surface area contributed by atoms with Crippen LogP contribution in [-0.2, 0) is 6.61 Å². The van der Waals surface area contributed by atoms with E-state index in [0.29, 0.717) is 9.13 Å². The minimum absolute atomic E-state index is 0.182. The van der Waals surface area contributed by atoms with Crippen LogP contribution in [0.25, 0.3) is 0 Å². The minimum Gasteiger partial charge on any atom is -0.390 e. The highest BCUT2D eigenvalue weighted by Crippen LogP contribution is 2.25. The van der Waals surface area contributed by atoms with Crippen molar-refractivity contribution in [1.29, 1.82) is 0 Å². The summed E-state index contributed by atoms with van der Waals surface area (Å²) in [6.07, 6.45) is -4.77. The summed E-state index contributed by atoms with van der Waals surface area (Å²) in [6.45, 7) is 1.24. The van der Waals surface area contributed by atoms with Crippen molar-refractivity contribution in [3.05, 3.63) is 20.9 Å². The highest BCUT2D eigenvalue weighted by Gasteiger charge is 2.32. The monoisotopic (exact) mass is 333 g/mol. The van der Waals surface area contributed by atoms with Gasteiger partial charge in [-0.25, -0.2) is 4.98 Å². The van der Waals surface area contributed by atoms with Gasteiger partial charge in [0, 0.05) is 9.64 Å². The SMILES string of the molecule is Cc1c(I)cc(OC(F)(F)F)nc1CO. The van der Waals surface area contributed by atoms with Crippen LogP contribution in [0.4, 0.5) is 13.2 Å². The first-order chi connectivity index (χ1) is 6.83. The van der Waals surface area contributed by atoms with Crippen LogP contribution in [0.1, 0.15) is 11.3 Å². The second-order valence-corrected chi connectivity index (χ2v) is 3.88. The molecule has 1 N–H and O–H groups in total. The van der Waals surface area contributed by atoms with E-state index in [1.165, 1.54) is 6.07 Å². The molecule has 1 aromatic heterocycles. The quantitative estimate of drug-likeness (QED) is 0.845. The molecule has 1 aromatic rings. The van der Waals surface area contributed by atoms with Crippen molar-refractivity contribution >= 4 is 22.6 Å². The van der Waals surface area contributed by atoms with Gasteiger partial charge in [-0.2, -0.15) is 0 Å². The number of nitrogens with zero attached hydrogens (tertiary/aromatic N) is 1.